The fraction of sp³-hybridized carbons (Fsp3) is 0.133. The van der Waals surface area contributed by atoms with Crippen LogP contribution >= 0.6 is 23.2 Å². The molecule has 0 fully saturated rings. The molecule has 4 nitrogen and oxygen atoms in total. The highest BCUT2D eigenvalue weighted by atomic mass is 35.5. The molecule has 2 rings (SSSR count). The fourth-order valence-electron chi connectivity index (χ4n) is 1.82. The summed E-state index contributed by atoms with van der Waals surface area (Å²) in [5, 5.41) is 9.54. The van der Waals surface area contributed by atoms with Crippen molar-refractivity contribution in [2.75, 3.05) is 10.8 Å². The largest absolute Gasteiger partial charge is 0.480 e. The molecule has 0 bridgehead atoms. The molecule has 116 valence electrons. The van der Waals surface area contributed by atoms with Gasteiger partial charge in [0.2, 0.25) is 0 Å². The van der Waals surface area contributed by atoms with Crippen molar-refractivity contribution in [2.24, 2.45) is 0 Å². The molecule has 0 aromatic heterocycles. The van der Waals surface area contributed by atoms with Gasteiger partial charge in [0.25, 0.3) is 0 Å². The third-order valence-electron chi connectivity index (χ3n) is 2.90. The number of aliphatic carboxylic acids is 1. The predicted molar refractivity (Wildman–Crippen MR) is 89.0 cm³/mol. The Balaban J connectivity index is 2.46. The summed E-state index contributed by atoms with van der Waals surface area (Å²) in [7, 11) is -1.71. The zero-order chi connectivity index (χ0) is 16.3. The summed E-state index contributed by atoms with van der Waals surface area (Å²) < 4.78 is 13.9. The molecular formula is C15H13Cl2NO3S. The van der Waals surface area contributed by atoms with Crippen molar-refractivity contribution in [1.29, 1.82) is 0 Å². The number of carboxylic acids is 1. The molecule has 1 atom stereocenters. The first-order chi connectivity index (χ1) is 10.4. The number of hydrogen-bond acceptors (Lipinski definition) is 2. The first-order valence-electron chi connectivity index (χ1n) is 6.32. The van der Waals surface area contributed by atoms with E-state index in [1.165, 1.54) is 4.31 Å². The van der Waals surface area contributed by atoms with Crippen molar-refractivity contribution >= 4 is 45.8 Å². The third kappa shape index (κ3) is 3.80. The van der Waals surface area contributed by atoms with E-state index in [9.17, 15) is 9.00 Å². The van der Waals surface area contributed by atoms with Crippen molar-refractivity contribution in [3.05, 3.63) is 58.1 Å². The van der Waals surface area contributed by atoms with Gasteiger partial charge in [0.15, 0.2) is 11.0 Å². The van der Waals surface area contributed by atoms with Crippen LogP contribution < -0.4 is 4.31 Å². The van der Waals surface area contributed by atoms with Crippen LogP contribution in [0.4, 0.5) is 5.69 Å². The van der Waals surface area contributed by atoms with E-state index in [0.717, 1.165) is 5.56 Å². The van der Waals surface area contributed by atoms with Crippen LogP contribution in [0, 0.1) is 6.92 Å². The minimum absolute atomic E-state index is 0.172. The molecular weight excluding hydrogens is 345 g/mol. The summed E-state index contributed by atoms with van der Waals surface area (Å²) in [5.74, 6) is -1.11. The Morgan fingerprint density at radius 2 is 1.82 bits per heavy atom. The van der Waals surface area contributed by atoms with E-state index in [-0.39, 0.29) is 10.0 Å². The summed E-state index contributed by atoms with van der Waals surface area (Å²) in [5.41, 5.74) is 1.33. The zero-order valence-corrected chi connectivity index (χ0v) is 14.0. The molecule has 0 aliphatic heterocycles. The molecule has 2 aromatic rings. The van der Waals surface area contributed by atoms with Gasteiger partial charge in [-0.15, -0.1) is 0 Å². The summed E-state index contributed by atoms with van der Waals surface area (Å²) in [6.45, 7) is 1.45. The molecule has 2 aromatic carbocycles. The van der Waals surface area contributed by atoms with Gasteiger partial charge in [-0.25, -0.2) is 4.21 Å². The second-order valence-corrected chi connectivity index (χ2v) is 6.76. The maximum absolute atomic E-state index is 12.7. The Morgan fingerprint density at radius 1 is 1.18 bits per heavy atom. The minimum Gasteiger partial charge on any atom is -0.480 e. The lowest BCUT2D eigenvalue weighted by atomic mass is 10.2. The summed E-state index contributed by atoms with van der Waals surface area (Å²) in [6, 6.07) is 11.8. The van der Waals surface area contributed by atoms with Gasteiger partial charge in [-0.05, 0) is 31.2 Å². The molecule has 0 amide bonds. The van der Waals surface area contributed by atoms with E-state index in [2.05, 4.69) is 0 Å². The molecule has 0 saturated heterocycles. The van der Waals surface area contributed by atoms with E-state index in [1.807, 2.05) is 19.1 Å². The summed E-state index contributed by atoms with van der Waals surface area (Å²) in [4.78, 5) is 11.6. The second-order valence-electron chi connectivity index (χ2n) is 4.57. The highest BCUT2D eigenvalue weighted by Gasteiger charge is 2.22. The minimum atomic E-state index is -1.71. The standard InChI is InChI=1S/C15H13Cl2NO3S/c1-10-5-7-11(8-6-10)22(21)18(9-14(19)20)13-4-2-3-12(16)15(13)17/h2-8H,9H2,1H3,(H,19,20). The van der Waals surface area contributed by atoms with Crippen LogP contribution in [0.1, 0.15) is 5.56 Å². The van der Waals surface area contributed by atoms with Crippen LogP contribution in [0.15, 0.2) is 47.4 Å². The van der Waals surface area contributed by atoms with Crippen molar-refractivity contribution in [2.45, 2.75) is 11.8 Å². The quantitative estimate of drug-likeness (QED) is 0.882. The summed E-state index contributed by atoms with van der Waals surface area (Å²) >= 11 is 12.1. The van der Waals surface area contributed by atoms with E-state index < -0.39 is 23.5 Å². The topological polar surface area (TPSA) is 57.6 Å². The Hall–Kier alpha value is -1.56. The number of nitrogens with zero attached hydrogens (tertiary/aromatic N) is 1. The highest BCUT2D eigenvalue weighted by molar-refractivity contribution is 7.86. The number of anilines is 1. The van der Waals surface area contributed by atoms with Crippen LogP contribution in [0.3, 0.4) is 0 Å². The van der Waals surface area contributed by atoms with Gasteiger partial charge in [-0.3, -0.25) is 9.10 Å². The lowest BCUT2D eigenvalue weighted by Gasteiger charge is -2.23. The number of aryl methyl sites for hydroxylation is 1. The lowest BCUT2D eigenvalue weighted by molar-refractivity contribution is -0.135. The maximum atomic E-state index is 12.7. The van der Waals surface area contributed by atoms with E-state index >= 15 is 0 Å². The van der Waals surface area contributed by atoms with Crippen molar-refractivity contribution < 1.29 is 14.1 Å². The van der Waals surface area contributed by atoms with E-state index in [0.29, 0.717) is 10.6 Å². The van der Waals surface area contributed by atoms with E-state index in [1.54, 1.807) is 30.3 Å². The van der Waals surface area contributed by atoms with Gasteiger partial charge in [-0.2, -0.15) is 0 Å². The molecule has 0 saturated carbocycles. The van der Waals surface area contributed by atoms with Crippen LogP contribution in [0.5, 0.6) is 0 Å². The molecule has 1 unspecified atom stereocenters. The third-order valence-corrected chi connectivity index (χ3v) is 5.11. The first kappa shape index (κ1) is 16.8. The first-order valence-corrected chi connectivity index (χ1v) is 8.18. The van der Waals surface area contributed by atoms with Crippen LogP contribution in [-0.4, -0.2) is 21.8 Å². The smallest absolute Gasteiger partial charge is 0.324 e. The number of carboxylic acid groups (broad SMARTS) is 1. The van der Waals surface area contributed by atoms with Crippen LogP contribution in [-0.2, 0) is 15.8 Å². The van der Waals surface area contributed by atoms with Gasteiger partial charge < -0.3 is 5.11 Å². The average Bonchev–Trinajstić information content (AvgIpc) is 2.48. The Bertz CT molecular complexity index is 719. The summed E-state index contributed by atoms with van der Waals surface area (Å²) in [6.07, 6.45) is 0. The van der Waals surface area contributed by atoms with Crippen LogP contribution in [0.2, 0.25) is 10.0 Å². The second kappa shape index (κ2) is 7.13. The normalized spacial score (nSPS) is 12.0. The van der Waals surface area contributed by atoms with Gasteiger partial charge in [0, 0.05) is 0 Å². The SMILES string of the molecule is Cc1ccc(S(=O)N(CC(=O)O)c2cccc(Cl)c2Cl)cc1. The number of rotatable bonds is 5. The van der Waals surface area contributed by atoms with Gasteiger partial charge >= 0.3 is 5.97 Å². The van der Waals surface area contributed by atoms with E-state index in [4.69, 9.17) is 28.3 Å². The molecule has 0 spiro atoms. The van der Waals surface area contributed by atoms with Gasteiger partial charge in [0.05, 0.1) is 20.6 Å². The van der Waals surface area contributed by atoms with Crippen LogP contribution in [0.25, 0.3) is 0 Å². The molecule has 22 heavy (non-hydrogen) atoms. The lowest BCUT2D eigenvalue weighted by Crippen LogP contribution is -2.31. The molecule has 7 heteroatoms. The highest BCUT2D eigenvalue weighted by Crippen LogP contribution is 2.34. The number of hydrogen-bond donors (Lipinski definition) is 1. The Morgan fingerprint density at radius 3 is 2.41 bits per heavy atom. The van der Waals surface area contributed by atoms with Gasteiger partial charge in [-0.1, -0.05) is 47.0 Å². The molecule has 0 heterocycles. The zero-order valence-electron chi connectivity index (χ0n) is 11.6. The molecule has 0 aliphatic rings. The Labute approximate surface area is 140 Å². The predicted octanol–water partition coefficient (Wildman–Crippen LogP) is 3.92. The number of benzene rings is 2. The van der Waals surface area contributed by atoms with Crippen molar-refractivity contribution in [3.63, 3.8) is 0 Å². The number of carbonyl (C=O) groups is 1. The number of halogens is 2. The monoisotopic (exact) mass is 357 g/mol. The van der Waals surface area contributed by atoms with Gasteiger partial charge in [0.1, 0.15) is 6.54 Å². The average molecular weight is 358 g/mol. The maximum Gasteiger partial charge on any atom is 0.324 e. The fourth-order valence-corrected chi connectivity index (χ4v) is 3.45. The molecule has 0 radical (unpaired) electrons. The Kier molecular flexibility index (Phi) is 5.45. The van der Waals surface area contributed by atoms with Crippen molar-refractivity contribution in [1.82, 2.24) is 0 Å². The van der Waals surface area contributed by atoms with Crippen molar-refractivity contribution in [3.8, 4) is 0 Å². The molecule has 1 N–H and O–H groups in total. The molecule has 0 aliphatic carbocycles.